The van der Waals surface area contributed by atoms with Crippen molar-refractivity contribution in [3.63, 3.8) is 0 Å². The Morgan fingerprint density at radius 2 is 1.92 bits per heavy atom. The van der Waals surface area contributed by atoms with Gasteiger partial charge in [0.1, 0.15) is 22.8 Å². The summed E-state index contributed by atoms with van der Waals surface area (Å²) in [5, 5.41) is 2.36. The van der Waals surface area contributed by atoms with Gasteiger partial charge in [-0.15, -0.1) is 0 Å². The van der Waals surface area contributed by atoms with Gasteiger partial charge in [-0.25, -0.2) is 9.18 Å². The predicted octanol–water partition coefficient (Wildman–Crippen LogP) is 3.77. The lowest BCUT2D eigenvalue weighted by atomic mass is 10.2. The molecule has 0 saturated carbocycles. The number of pyridine rings is 1. The average molecular weight is 361 g/mol. The zero-order chi connectivity index (χ0) is 19.5. The fraction of sp³-hybridized carbons (Fsp3) is 0.278. The van der Waals surface area contributed by atoms with Gasteiger partial charge in [-0.1, -0.05) is 0 Å². The third-order valence-electron chi connectivity index (χ3n) is 3.11. The molecule has 26 heavy (non-hydrogen) atoms. The van der Waals surface area contributed by atoms with E-state index in [4.69, 9.17) is 15.2 Å². The Morgan fingerprint density at radius 1 is 1.23 bits per heavy atom. The van der Waals surface area contributed by atoms with E-state index in [0.717, 1.165) is 6.07 Å². The second-order valence-corrected chi connectivity index (χ2v) is 6.57. The number of carbonyl (C=O) groups is 2. The quantitative estimate of drug-likeness (QED) is 0.863. The molecular formula is C18H20FN3O4. The number of hydrogen-bond acceptors (Lipinski definition) is 5. The molecule has 1 heterocycles. The van der Waals surface area contributed by atoms with Crippen LogP contribution in [0.5, 0.6) is 11.5 Å². The maximum absolute atomic E-state index is 14.3. The van der Waals surface area contributed by atoms with Crippen LogP contribution in [0.25, 0.3) is 0 Å². The highest BCUT2D eigenvalue weighted by Crippen LogP contribution is 2.30. The summed E-state index contributed by atoms with van der Waals surface area (Å²) in [6.45, 7) is 6.81. The molecule has 0 unspecified atom stereocenters. The summed E-state index contributed by atoms with van der Waals surface area (Å²) in [6.07, 6.45) is 0.601. The number of nitrogens with zero attached hydrogens (tertiary/aromatic N) is 1. The number of amides is 2. The summed E-state index contributed by atoms with van der Waals surface area (Å²) in [7, 11) is 0. The van der Waals surface area contributed by atoms with Crippen LogP contribution in [-0.2, 0) is 4.74 Å². The molecule has 1 aromatic heterocycles. The third-order valence-corrected chi connectivity index (χ3v) is 3.11. The summed E-state index contributed by atoms with van der Waals surface area (Å²) in [5.41, 5.74) is 5.04. The van der Waals surface area contributed by atoms with Gasteiger partial charge in [-0.05, 0) is 45.4 Å². The van der Waals surface area contributed by atoms with Crippen LogP contribution in [0.1, 0.15) is 36.8 Å². The third kappa shape index (κ3) is 5.17. The molecule has 2 amide bonds. The Bertz CT molecular complexity index is 847. The lowest BCUT2D eigenvalue weighted by Gasteiger charge is -2.20. The number of nitrogens with two attached hydrogens (primary N) is 1. The summed E-state index contributed by atoms with van der Waals surface area (Å²) < 4.78 is 25.0. The summed E-state index contributed by atoms with van der Waals surface area (Å²) in [6, 6.07) is 5.42. The van der Waals surface area contributed by atoms with E-state index in [1.54, 1.807) is 27.7 Å². The maximum atomic E-state index is 14.3. The Hall–Kier alpha value is -3.16. The van der Waals surface area contributed by atoms with Crippen LogP contribution < -0.4 is 15.8 Å². The van der Waals surface area contributed by atoms with Crippen LogP contribution in [-0.4, -0.2) is 22.6 Å². The Morgan fingerprint density at radius 3 is 2.54 bits per heavy atom. The Kier molecular flexibility index (Phi) is 5.44. The van der Waals surface area contributed by atoms with Crippen molar-refractivity contribution in [2.45, 2.75) is 33.3 Å². The molecule has 0 fully saturated rings. The standard InChI is InChI=1S/C18H20FN3O4/c1-10-7-13(22-17(24)26-18(2,3)4)12(19)9-15(10)25-11-5-6-21-14(8-11)16(20)23/h5-9H,1-4H3,(H2,20,23)(H,22,24). The van der Waals surface area contributed by atoms with E-state index < -0.39 is 23.4 Å². The molecule has 0 bridgehead atoms. The largest absolute Gasteiger partial charge is 0.457 e. The number of anilines is 1. The zero-order valence-corrected chi connectivity index (χ0v) is 14.9. The van der Waals surface area contributed by atoms with Crippen molar-refractivity contribution in [1.82, 2.24) is 4.98 Å². The SMILES string of the molecule is Cc1cc(NC(=O)OC(C)(C)C)c(F)cc1Oc1ccnc(C(N)=O)c1. The molecule has 0 saturated heterocycles. The number of aromatic nitrogens is 1. The number of nitrogens with one attached hydrogen (secondary N) is 1. The van der Waals surface area contributed by atoms with Crippen molar-refractivity contribution >= 4 is 17.7 Å². The lowest BCUT2D eigenvalue weighted by Crippen LogP contribution is -2.27. The van der Waals surface area contributed by atoms with Crippen molar-refractivity contribution in [3.8, 4) is 11.5 Å². The monoisotopic (exact) mass is 361 g/mol. The fourth-order valence-corrected chi connectivity index (χ4v) is 2.02. The first-order valence-electron chi connectivity index (χ1n) is 7.79. The first-order chi connectivity index (χ1) is 12.0. The first kappa shape index (κ1) is 19.2. The second-order valence-electron chi connectivity index (χ2n) is 6.57. The minimum absolute atomic E-state index is 0.0309. The van der Waals surface area contributed by atoms with Gasteiger partial charge < -0.3 is 15.2 Å². The van der Waals surface area contributed by atoms with Gasteiger partial charge in [0.25, 0.3) is 5.91 Å². The van der Waals surface area contributed by atoms with Crippen molar-refractivity contribution in [2.75, 3.05) is 5.32 Å². The molecule has 0 aliphatic carbocycles. The molecule has 1 aromatic carbocycles. The van der Waals surface area contributed by atoms with Crippen LogP contribution in [0.2, 0.25) is 0 Å². The predicted molar refractivity (Wildman–Crippen MR) is 93.8 cm³/mol. The van der Waals surface area contributed by atoms with E-state index in [0.29, 0.717) is 5.56 Å². The highest BCUT2D eigenvalue weighted by atomic mass is 19.1. The molecule has 8 heteroatoms. The number of rotatable bonds is 4. The van der Waals surface area contributed by atoms with Crippen LogP contribution in [0.4, 0.5) is 14.9 Å². The molecule has 0 atom stereocenters. The maximum Gasteiger partial charge on any atom is 0.412 e. The van der Waals surface area contributed by atoms with Crippen LogP contribution >= 0.6 is 0 Å². The Labute approximate surface area is 150 Å². The van der Waals surface area contributed by atoms with Gasteiger partial charge in [-0.3, -0.25) is 15.1 Å². The van der Waals surface area contributed by atoms with E-state index >= 15 is 0 Å². The average Bonchev–Trinajstić information content (AvgIpc) is 2.50. The van der Waals surface area contributed by atoms with Crippen LogP contribution in [0, 0.1) is 12.7 Å². The minimum Gasteiger partial charge on any atom is -0.457 e. The summed E-state index contributed by atoms with van der Waals surface area (Å²) in [4.78, 5) is 26.8. The molecular weight excluding hydrogens is 341 g/mol. The van der Waals surface area contributed by atoms with Crippen molar-refractivity contribution in [1.29, 1.82) is 0 Å². The molecule has 0 spiro atoms. The molecule has 0 aliphatic rings. The van der Waals surface area contributed by atoms with E-state index in [9.17, 15) is 14.0 Å². The molecule has 138 valence electrons. The van der Waals surface area contributed by atoms with E-state index in [1.807, 2.05) is 0 Å². The molecule has 3 N–H and O–H groups in total. The number of hydrogen-bond donors (Lipinski definition) is 2. The van der Waals surface area contributed by atoms with Crippen molar-refractivity contribution in [3.05, 3.63) is 47.5 Å². The molecule has 0 radical (unpaired) electrons. The topological polar surface area (TPSA) is 104 Å². The highest BCUT2D eigenvalue weighted by molar-refractivity contribution is 5.91. The van der Waals surface area contributed by atoms with Gasteiger partial charge in [0.15, 0.2) is 5.82 Å². The van der Waals surface area contributed by atoms with E-state index in [-0.39, 0.29) is 22.9 Å². The normalized spacial score (nSPS) is 11.0. The number of primary amides is 1. The van der Waals surface area contributed by atoms with Crippen LogP contribution in [0.15, 0.2) is 30.5 Å². The molecule has 2 aromatic rings. The lowest BCUT2D eigenvalue weighted by molar-refractivity contribution is 0.0635. The van der Waals surface area contributed by atoms with Crippen molar-refractivity contribution < 1.29 is 23.5 Å². The van der Waals surface area contributed by atoms with Crippen molar-refractivity contribution in [2.24, 2.45) is 5.73 Å². The van der Waals surface area contributed by atoms with Gasteiger partial charge in [-0.2, -0.15) is 0 Å². The number of halogens is 1. The smallest absolute Gasteiger partial charge is 0.412 e. The fourth-order valence-electron chi connectivity index (χ4n) is 2.02. The van der Waals surface area contributed by atoms with Gasteiger partial charge in [0, 0.05) is 18.3 Å². The van der Waals surface area contributed by atoms with Crippen LogP contribution in [0.3, 0.4) is 0 Å². The van der Waals surface area contributed by atoms with Gasteiger partial charge in [0.05, 0.1) is 5.69 Å². The number of ether oxygens (including phenoxy) is 2. The van der Waals surface area contributed by atoms with E-state index in [1.165, 1.54) is 24.4 Å². The summed E-state index contributed by atoms with van der Waals surface area (Å²) in [5.74, 6) is -0.890. The summed E-state index contributed by atoms with van der Waals surface area (Å²) >= 11 is 0. The number of aryl methyl sites for hydroxylation is 1. The second kappa shape index (κ2) is 7.38. The van der Waals surface area contributed by atoms with Gasteiger partial charge >= 0.3 is 6.09 Å². The first-order valence-corrected chi connectivity index (χ1v) is 7.79. The Balaban J connectivity index is 2.20. The molecule has 2 rings (SSSR count). The zero-order valence-electron chi connectivity index (χ0n) is 14.9. The van der Waals surface area contributed by atoms with Gasteiger partial charge in [0.2, 0.25) is 0 Å². The van der Waals surface area contributed by atoms with E-state index in [2.05, 4.69) is 10.3 Å². The molecule has 0 aliphatic heterocycles. The molecule has 7 nitrogen and oxygen atoms in total. The number of benzene rings is 1. The number of carbonyl (C=O) groups excluding carboxylic acids is 2. The highest BCUT2D eigenvalue weighted by Gasteiger charge is 2.18. The minimum atomic E-state index is -0.760.